The molecule has 4 N–H and O–H groups in total. The van der Waals surface area contributed by atoms with Crippen LogP contribution < -0.4 is 16.4 Å². The highest BCUT2D eigenvalue weighted by molar-refractivity contribution is 5.98. The van der Waals surface area contributed by atoms with Gasteiger partial charge in [-0.2, -0.15) is 0 Å². The van der Waals surface area contributed by atoms with Crippen LogP contribution in [0.4, 0.5) is 5.82 Å². The van der Waals surface area contributed by atoms with Crippen LogP contribution in [0.2, 0.25) is 0 Å². The van der Waals surface area contributed by atoms with E-state index >= 15 is 0 Å². The van der Waals surface area contributed by atoms with Gasteiger partial charge in [0.2, 0.25) is 0 Å². The number of nitrogens with zero attached hydrogens (tertiary/aromatic N) is 2. The molecule has 1 unspecified atom stereocenters. The van der Waals surface area contributed by atoms with Crippen LogP contribution in [-0.4, -0.2) is 30.5 Å². The minimum atomic E-state index is -0.402. The van der Waals surface area contributed by atoms with Gasteiger partial charge in [0, 0.05) is 25.3 Å². The van der Waals surface area contributed by atoms with Crippen molar-refractivity contribution in [2.45, 2.75) is 38.1 Å². The number of anilines is 1. The van der Waals surface area contributed by atoms with E-state index in [1.165, 1.54) is 18.4 Å². The number of fused-ring (bicyclic) bond motifs is 1. The zero-order chi connectivity index (χ0) is 14.3. The van der Waals surface area contributed by atoms with Gasteiger partial charge in [-0.1, -0.05) is 0 Å². The molecule has 1 saturated carbocycles. The quantitative estimate of drug-likeness (QED) is 0.833. The fourth-order valence-electron chi connectivity index (χ4n) is 3.22. The van der Waals surface area contributed by atoms with Crippen LogP contribution in [0.3, 0.4) is 0 Å². The number of hydrogen-bond acceptors (Lipinski definition) is 4. The number of carbonyl (C=O) groups excluding carboxylic acids is 1. The second kappa shape index (κ2) is 5.05. The first-order valence-corrected chi connectivity index (χ1v) is 7.37. The first kappa shape index (κ1) is 13.4. The molecule has 0 bridgehead atoms. The minimum Gasteiger partial charge on any atom is -0.365 e. The maximum absolute atomic E-state index is 11.7. The lowest BCUT2D eigenvalue weighted by Crippen LogP contribution is -2.41. The molecule has 5 nitrogen and oxygen atoms in total. The van der Waals surface area contributed by atoms with Crippen LogP contribution in [0.25, 0.3) is 0 Å². The largest absolute Gasteiger partial charge is 0.365 e. The van der Waals surface area contributed by atoms with Crippen LogP contribution in [0.5, 0.6) is 0 Å². The fraction of sp³-hybridized carbons (Fsp3) is 0.600. The Bertz CT molecular complexity index is 539. The van der Waals surface area contributed by atoms with E-state index in [-0.39, 0.29) is 6.04 Å². The van der Waals surface area contributed by atoms with Crippen LogP contribution >= 0.6 is 0 Å². The van der Waals surface area contributed by atoms with E-state index in [9.17, 15) is 4.79 Å². The van der Waals surface area contributed by atoms with Gasteiger partial charge in [0.05, 0.1) is 5.56 Å². The van der Waals surface area contributed by atoms with E-state index in [0.29, 0.717) is 23.8 Å². The third kappa shape index (κ3) is 2.26. The van der Waals surface area contributed by atoms with Gasteiger partial charge in [-0.15, -0.1) is 0 Å². The molecule has 2 aliphatic rings. The van der Waals surface area contributed by atoms with Crippen LogP contribution in [0.15, 0.2) is 6.07 Å². The monoisotopic (exact) mass is 274 g/mol. The van der Waals surface area contributed by atoms with Crippen LogP contribution in [-0.2, 0) is 12.8 Å². The van der Waals surface area contributed by atoms with E-state index in [2.05, 4.69) is 4.90 Å². The zero-order valence-corrected chi connectivity index (χ0v) is 11.9. The summed E-state index contributed by atoms with van der Waals surface area (Å²) in [7, 11) is 1.98. The molecule has 2 aliphatic carbocycles. The summed E-state index contributed by atoms with van der Waals surface area (Å²) in [6, 6.07) is 2.18. The number of primary amides is 1. The highest BCUT2D eigenvalue weighted by Gasteiger charge is 2.35. The first-order chi connectivity index (χ1) is 9.61. The Morgan fingerprint density at radius 3 is 2.85 bits per heavy atom. The van der Waals surface area contributed by atoms with E-state index in [1.807, 2.05) is 13.1 Å². The topological polar surface area (TPSA) is 85.2 Å². The molecule has 5 heteroatoms. The Hall–Kier alpha value is -1.62. The number of amides is 1. The molecule has 0 aliphatic heterocycles. The van der Waals surface area contributed by atoms with Crippen molar-refractivity contribution in [3.05, 3.63) is 22.9 Å². The summed E-state index contributed by atoms with van der Waals surface area (Å²) in [5.41, 5.74) is 14.3. The van der Waals surface area contributed by atoms with Crippen molar-refractivity contribution in [1.82, 2.24) is 4.98 Å². The van der Waals surface area contributed by atoms with Gasteiger partial charge in [0.25, 0.3) is 5.91 Å². The third-order valence-corrected chi connectivity index (χ3v) is 4.54. The molecule has 0 spiro atoms. The number of hydrogen-bond donors (Lipinski definition) is 2. The molecule has 1 aromatic rings. The summed E-state index contributed by atoms with van der Waals surface area (Å²) < 4.78 is 0. The summed E-state index contributed by atoms with van der Waals surface area (Å²) in [6.45, 7) is 0.581. The normalized spacial score (nSPS) is 18.7. The molecule has 20 heavy (non-hydrogen) atoms. The Morgan fingerprint density at radius 1 is 1.50 bits per heavy atom. The van der Waals surface area contributed by atoms with Gasteiger partial charge in [-0.25, -0.2) is 4.98 Å². The number of nitrogens with two attached hydrogens (primary N) is 2. The molecule has 1 atom stereocenters. The van der Waals surface area contributed by atoms with Crippen molar-refractivity contribution in [2.24, 2.45) is 17.4 Å². The lowest BCUT2D eigenvalue weighted by Gasteiger charge is -2.29. The number of pyridine rings is 1. The lowest BCUT2D eigenvalue weighted by molar-refractivity contribution is 0.100. The van der Waals surface area contributed by atoms with Crippen molar-refractivity contribution in [1.29, 1.82) is 0 Å². The molecule has 3 rings (SSSR count). The number of carbonyl (C=O) groups is 1. The summed E-state index contributed by atoms with van der Waals surface area (Å²) in [4.78, 5) is 18.5. The molecule has 1 amide bonds. The van der Waals surface area contributed by atoms with Crippen molar-refractivity contribution in [3.8, 4) is 0 Å². The average molecular weight is 274 g/mol. The Labute approximate surface area is 119 Å². The maximum atomic E-state index is 11.7. The molecule has 1 aromatic heterocycles. The van der Waals surface area contributed by atoms with E-state index in [1.54, 1.807) is 0 Å². The third-order valence-electron chi connectivity index (χ3n) is 4.54. The van der Waals surface area contributed by atoms with E-state index in [4.69, 9.17) is 16.5 Å². The SMILES string of the molecule is CN(c1nc2c(cc1C(N)=O)CCC2)C(CN)C1CC1. The first-order valence-electron chi connectivity index (χ1n) is 7.37. The molecule has 108 valence electrons. The number of aryl methyl sites for hydroxylation is 2. The molecule has 0 saturated heterocycles. The highest BCUT2D eigenvalue weighted by atomic mass is 16.1. The summed E-state index contributed by atoms with van der Waals surface area (Å²) in [6.07, 6.45) is 5.52. The summed E-state index contributed by atoms with van der Waals surface area (Å²) in [5.74, 6) is 0.932. The predicted octanol–water partition coefficient (Wildman–Crippen LogP) is 0.843. The van der Waals surface area contributed by atoms with E-state index < -0.39 is 5.91 Å². The zero-order valence-electron chi connectivity index (χ0n) is 11.9. The standard InChI is InChI=1S/C15H22N4O/c1-19(13(8-16)9-5-6-9)15-11(14(17)20)7-10-3-2-4-12(10)18-15/h7,9,13H,2-6,8,16H2,1H3,(H2,17,20). The molecular formula is C15H22N4O. The van der Waals surface area contributed by atoms with Gasteiger partial charge in [-0.3, -0.25) is 4.79 Å². The summed E-state index contributed by atoms with van der Waals surface area (Å²) in [5, 5.41) is 0. The van der Waals surface area contributed by atoms with E-state index in [0.717, 1.165) is 25.0 Å². The van der Waals surface area contributed by atoms with Crippen LogP contribution in [0.1, 0.15) is 40.9 Å². The van der Waals surface area contributed by atoms with Crippen molar-refractivity contribution in [2.75, 3.05) is 18.5 Å². The second-order valence-corrected chi connectivity index (χ2v) is 5.93. The molecule has 0 radical (unpaired) electrons. The minimum absolute atomic E-state index is 0.250. The molecule has 1 fully saturated rings. The lowest BCUT2D eigenvalue weighted by atomic mass is 10.1. The molecular weight excluding hydrogens is 252 g/mol. The molecule has 0 aromatic carbocycles. The van der Waals surface area contributed by atoms with Gasteiger partial charge in [-0.05, 0) is 49.7 Å². The van der Waals surface area contributed by atoms with Crippen LogP contribution in [0, 0.1) is 5.92 Å². The van der Waals surface area contributed by atoms with Gasteiger partial charge < -0.3 is 16.4 Å². The van der Waals surface area contributed by atoms with Crippen molar-refractivity contribution < 1.29 is 4.79 Å². The second-order valence-electron chi connectivity index (χ2n) is 5.93. The number of aromatic nitrogens is 1. The highest BCUT2D eigenvalue weighted by Crippen LogP contribution is 2.37. The summed E-state index contributed by atoms with van der Waals surface area (Å²) >= 11 is 0. The smallest absolute Gasteiger partial charge is 0.252 e. The van der Waals surface area contributed by atoms with Gasteiger partial charge in [0.1, 0.15) is 5.82 Å². The Kier molecular flexibility index (Phi) is 3.38. The number of rotatable bonds is 5. The van der Waals surface area contributed by atoms with Gasteiger partial charge >= 0.3 is 0 Å². The Morgan fingerprint density at radius 2 is 2.25 bits per heavy atom. The predicted molar refractivity (Wildman–Crippen MR) is 78.7 cm³/mol. The fourth-order valence-corrected chi connectivity index (χ4v) is 3.22. The van der Waals surface area contributed by atoms with Crippen molar-refractivity contribution in [3.63, 3.8) is 0 Å². The van der Waals surface area contributed by atoms with Gasteiger partial charge in [0.15, 0.2) is 0 Å². The Balaban J connectivity index is 2.00. The number of likely N-dealkylation sites (N-methyl/N-ethyl adjacent to an activating group) is 1. The van der Waals surface area contributed by atoms with Crippen molar-refractivity contribution >= 4 is 11.7 Å². The molecule has 1 heterocycles. The average Bonchev–Trinajstić information content (AvgIpc) is 3.15. The maximum Gasteiger partial charge on any atom is 0.252 e.